The van der Waals surface area contributed by atoms with Crippen molar-refractivity contribution in [3.05, 3.63) is 29.6 Å². The molecule has 1 aliphatic rings. The summed E-state index contributed by atoms with van der Waals surface area (Å²) in [6.45, 7) is 4.26. The fourth-order valence-corrected chi connectivity index (χ4v) is 2.28. The van der Waals surface area contributed by atoms with Gasteiger partial charge in [0.15, 0.2) is 0 Å². The Balaban J connectivity index is 1.90. The summed E-state index contributed by atoms with van der Waals surface area (Å²) >= 11 is 0. The van der Waals surface area contributed by atoms with Crippen molar-refractivity contribution >= 4 is 11.6 Å². The number of anilines is 1. The Labute approximate surface area is 117 Å². The second-order valence-corrected chi connectivity index (χ2v) is 5.08. The molecule has 1 saturated heterocycles. The van der Waals surface area contributed by atoms with Crippen molar-refractivity contribution in [2.75, 3.05) is 38.1 Å². The Bertz CT molecular complexity index is 481. The van der Waals surface area contributed by atoms with E-state index >= 15 is 0 Å². The second-order valence-electron chi connectivity index (χ2n) is 5.08. The molecule has 1 aromatic carbocycles. The van der Waals surface area contributed by atoms with Gasteiger partial charge in [-0.1, -0.05) is 6.07 Å². The average molecular weight is 281 g/mol. The van der Waals surface area contributed by atoms with Crippen LogP contribution < -0.4 is 10.6 Å². The Hall–Kier alpha value is -1.50. The molecular weight excluding hydrogens is 261 g/mol. The van der Waals surface area contributed by atoms with E-state index < -0.39 is 0 Å². The molecule has 110 valence electrons. The fourth-order valence-electron chi connectivity index (χ4n) is 2.28. The number of aliphatic hydroxyl groups is 1. The maximum absolute atomic E-state index is 13.2. The Morgan fingerprint density at radius 2 is 2.40 bits per heavy atom. The number of hydrogen-bond donors (Lipinski definition) is 3. The van der Waals surface area contributed by atoms with Gasteiger partial charge in [-0.05, 0) is 24.6 Å². The third kappa shape index (κ3) is 4.00. The van der Waals surface area contributed by atoms with Crippen LogP contribution in [0.5, 0.6) is 0 Å². The van der Waals surface area contributed by atoms with E-state index in [1.807, 2.05) is 11.8 Å². The molecule has 1 heterocycles. The third-order valence-electron chi connectivity index (χ3n) is 3.40. The van der Waals surface area contributed by atoms with Crippen molar-refractivity contribution in [3.8, 4) is 0 Å². The van der Waals surface area contributed by atoms with Crippen LogP contribution in [0.15, 0.2) is 18.2 Å². The largest absolute Gasteiger partial charge is 0.395 e. The molecule has 0 radical (unpaired) electrons. The van der Waals surface area contributed by atoms with E-state index in [0.29, 0.717) is 12.2 Å². The van der Waals surface area contributed by atoms with Gasteiger partial charge >= 0.3 is 0 Å². The molecule has 5 nitrogen and oxygen atoms in total. The lowest BCUT2D eigenvalue weighted by Gasteiger charge is -2.32. The molecule has 0 spiro atoms. The van der Waals surface area contributed by atoms with Crippen LogP contribution in [0.25, 0.3) is 0 Å². The lowest BCUT2D eigenvalue weighted by atomic mass is 10.2. The molecule has 1 fully saturated rings. The Morgan fingerprint density at radius 3 is 3.15 bits per heavy atom. The summed E-state index contributed by atoms with van der Waals surface area (Å²) in [6.07, 6.45) is 0. The van der Waals surface area contributed by atoms with E-state index in [2.05, 4.69) is 10.6 Å². The first-order chi connectivity index (χ1) is 9.58. The van der Waals surface area contributed by atoms with E-state index in [1.165, 1.54) is 12.1 Å². The SMILES string of the molecule is Cc1ccc(F)cc1NC(=O)CN1CCNC(CO)C1. The van der Waals surface area contributed by atoms with Crippen LogP contribution in [0.3, 0.4) is 0 Å². The summed E-state index contributed by atoms with van der Waals surface area (Å²) in [5.41, 5.74) is 1.33. The van der Waals surface area contributed by atoms with E-state index in [9.17, 15) is 9.18 Å². The molecule has 0 saturated carbocycles. The van der Waals surface area contributed by atoms with E-state index in [1.54, 1.807) is 6.07 Å². The highest BCUT2D eigenvalue weighted by molar-refractivity contribution is 5.92. The first-order valence-corrected chi connectivity index (χ1v) is 6.71. The minimum Gasteiger partial charge on any atom is -0.395 e. The number of nitrogens with one attached hydrogen (secondary N) is 2. The molecule has 1 aromatic rings. The van der Waals surface area contributed by atoms with E-state index in [-0.39, 0.29) is 30.9 Å². The smallest absolute Gasteiger partial charge is 0.238 e. The summed E-state index contributed by atoms with van der Waals surface area (Å²) < 4.78 is 13.2. The number of carbonyl (C=O) groups is 1. The lowest BCUT2D eigenvalue weighted by molar-refractivity contribution is -0.117. The number of nitrogens with zero attached hydrogens (tertiary/aromatic N) is 1. The zero-order valence-corrected chi connectivity index (χ0v) is 11.5. The monoisotopic (exact) mass is 281 g/mol. The van der Waals surface area contributed by atoms with Crippen LogP contribution >= 0.6 is 0 Å². The minimum atomic E-state index is -0.367. The molecule has 0 bridgehead atoms. The van der Waals surface area contributed by atoms with Crippen molar-refractivity contribution in [2.45, 2.75) is 13.0 Å². The summed E-state index contributed by atoms with van der Waals surface area (Å²) in [5, 5.41) is 15.0. The highest BCUT2D eigenvalue weighted by Crippen LogP contribution is 2.15. The van der Waals surface area contributed by atoms with Crippen molar-refractivity contribution < 1.29 is 14.3 Å². The highest BCUT2D eigenvalue weighted by Gasteiger charge is 2.20. The second kappa shape index (κ2) is 6.78. The van der Waals surface area contributed by atoms with Gasteiger partial charge in [0.25, 0.3) is 0 Å². The summed E-state index contributed by atoms with van der Waals surface area (Å²) in [7, 11) is 0. The number of aliphatic hydroxyl groups excluding tert-OH is 1. The Kier molecular flexibility index (Phi) is 5.05. The predicted octanol–water partition coefficient (Wildman–Crippen LogP) is 0.339. The normalized spacial score (nSPS) is 19.9. The molecule has 1 aliphatic heterocycles. The third-order valence-corrected chi connectivity index (χ3v) is 3.40. The minimum absolute atomic E-state index is 0.00690. The van der Waals surface area contributed by atoms with Crippen molar-refractivity contribution in [3.63, 3.8) is 0 Å². The number of halogens is 1. The molecule has 1 atom stereocenters. The molecular formula is C14H20FN3O2. The maximum Gasteiger partial charge on any atom is 0.238 e. The number of carbonyl (C=O) groups excluding carboxylic acids is 1. The topological polar surface area (TPSA) is 64.6 Å². The number of amides is 1. The number of piperazine rings is 1. The van der Waals surface area contributed by atoms with E-state index in [4.69, 9.17) is 5.11 Å². The standard InChI is InChI=1S/C14H20FN3O2/c1-10-2-3-11(15)6-13(10)17-14(20)8-18-5-4-16-12(7-18)9-19/h2-3,6,12,16,19H,4-5,7-9H2,1H3,(H,17,20). The highest BCUT2D eigenvalue weighted by atomic mass is 19.1. The quantitative estimate of drug-likeness (QED) is 0.744. The zero-order valence-electron chi connectivity index (χ0n) is 11.5. The van der Waals surface area contributed by atoms with Crippen LogP contribution in [0, 0.1) is 12.7 Å². The average Bonchev–Trinajstić information content (AvgIpc) is 2.43. The molecule has 2 rings (SSSR count). The molecule has 0 aromatic heterocycles. The summed E-state index contributed by atoms with van der Waals surface area (Å²) in [5.74, 6) is -0.536. The van der Waals surface area contributed by atoms with Gasteiger partial charge in [0.2, 0.25) is 5.91 Å². The van der Waals surface area contributed by atoms with Gasteiger partial charge in [0.05, 0.1) is 13.2 Å². The van der Waals surface area contributed by atoms with Gasteiger partial charge < -0.3 is 15.7 Å². The van der Waals surface area contributed by atoms with Crippen LogP contribution in [0.1, 0.15) is 5.56 Å². The first kappa shape index (κ1) is 14.9. The van der Waals surface area contributed by atoms with Gasteiger partial charge in [0.1, 0.15) is 5.82 Å². The summed E-state index contributed by atoms with van der Waals surface area (Å²) in [4.78, 5) is 14.0. The van der Waals surface area contributed by atoms with E-state index in [0.717, 1.165) is 18.7 Å². The summed E-state index contributed by atoms with van der Waals surface area (Å²) in [6, 6.07) is 4.33. The van der Waals surface area contributed by atoms with Gasteiger partial charge in [-0.3, -0.25) is 9.69 Å². The number of aryl methyl sites for hydroxylation is 1. The van der Waals surface area contributed by atoms with Gasteiger partial charge in [0, 0.05) is 31.4 Å². The van der Waals surface area contributed by atoms with Crippen molar-refractivity contribution in [1.29, 1.82) is 0 Å². The van der Waals surface area contributed by atoms with Gasteiger partial charge in [-0.15, -0.1) is 0 Å². The van der Waals surface area contributed by atoms with Crippen LogP contribution in [-0.2, 0) is 4.79 Å². The van der Waals surface area contributed by atoms with Crippen LogP contribution in [0.4, 0.5) is 10.1 Å². The van der Waals surface area contributed by atoms with Crippen molar-refractivity contribution in [1.82, 2.24) is 10.2 Å². The van der Waals surface area contributed by atoms with Crippen LogP contribution in [0.2, 0.25) is 0 Å². The first-order valence-electron chi connectivity index (χ1n) is 6.71. The molecule has 0 aliphatic carbocycles. The zero-order chi connectivity index (χ0) is 14.5. The number of benzene rings is 1. The van der Waals surface area contributed by atoms with Gasteiger partial charge in [-0.25, -0.2) is 4.39 Å². The number of rotatable bonds is 4. The Morgan fingerprint density at radius 1 is 1.60 bits per heavy atom. The molecule has 1 unspecified atom stereocenters. The molecule has 1 amide bonds. The van der Waals surface area contributed by atoms with Crippen molar-refractivity contribution in [2.24, 2.45) is 0 Å². The molecule has 3 N–H and O–H groups in total. The molecule has 6 heteroatoms. The van der Waals surface area contributed by atoms with Gasteiger partial charge in [-0.2, -0.15) is 0 Å². The predicted molar refractivity (Wildman–Crippen MR) is 75.1 cm³/mol. The fraction of sp³-hybridized carbons (Fsp3) is 0.500. The maximum atomic E-state index is 13.2. The molecule has 20 heavy (non-hydrogen) atoms. The number of hydrogen-bond acceptors (Lipinski definition) is 4. The van der Waals surface area contributed by atoms with Crippen LogP contribution in [-0.4, -0.2) is 54.7 Å². The lowest BCUT2D eigenvalue weighted by Crippen LogP contribution is -2.53.